The minimum atomic E-state index is -0.572. The molecule has 0 bridgehead atoms. The molecule has 6 heteroatoms. The van der Waals surface area contributed by atoms with Gasteiger partial charge in [-0.25, -0.2) is 13.8 Å². The zero-order valence-electron chi connectivity index (χ0n) is 10.7. The summed E-state index contributed by atoms with van der Waals surface area (Å²) in [6.07, 6.45) is 2.47. The largest absolute Gasteiger partial charge is 0.484 e. The number of aromatic nitrogens is 1. The molecule has 106 valence electrons. The fourth-order valence-corrected chi connectivity index (χ4v) is 2.48. The van der Waals surface area contributed by atoms with Crippen LogP contribution in [-0.4, -0.2) is 11.0 Å². The van der Waals surface area contributed by atoms with Gasteiger partial charge in [0.15, 0.2) is 11.6 Å². The molecule has 0 amide bonds. The number of hydrogen-bond acceptors (Lipinski definition) is 4. The third kappa shape index (κ3) is 3.52. The number of hydrogen-bond donors (Lipinski definition) is 1. The van der Waals surface area contributed by atoms with Crippen molar-refractivity contribution in [2.24, 2.45) is 0 Å². The van der Waals surface area contributed by atoms with E-state index in [0.29, 0.717) is 6.04 Å². The van der Waals surface area contributed by atoms with Crippen molar-refractivity contribution in [3.8, 4) is 5.75 Å². The first kappa shape index (κ1) is 13.5. The molecule has 1 aromatic carbocycles. The van der Waals surface area contributed by atoms with E-state index in [4.69, 9.17) is 4.74 Å². The van der Waals surface area contributed by atoms with Crippen molar-refractivity contribution in [3.05, 3.63) is 45.9 Å². The molecule has 1 aromatic heterocycles. The van der Waals surface area contributed by atoms with Gasteiger partial charge in [0.1, 0.15) is 17.4 Å². The zero-order chi connectivity index (χ0) is 13.9. The Bertz CT molecular complexity index is 599. The molecule has 0 atom stereocenters. The molecular weight excluding hydrogens is 282 g/mol. The highest BCUT2D eigenvalue weighted by molar-refractivity contribution is 7.09. The second kappa shape index (κ2) is 5.85. The third-order valence-electron chi connectivity index (χ3n) is 2.99. The minimum Gasteiger partial charge on any atom is -0.484 e. The molecule has 2 aromatic rings. The van der Waals surface area contributed by atoms with Crippen LogP contribution in [-0.2, 0) is 13.2 Å². The van der Waals surface area contributed by atoms with Gasteiger partial charge in [-0.15, -0.1) is 11.3 Å². The van der Waals surface area contributed by atoms with Gasteiger partial charge in [0.25, 0.3) is 0 Å². The molecule has 1 heterocycles. The topological polar surface area (TPSA) is 34.1 Å². The molecule has 0 aliphatic heterocycles. The van der Waals surface area contributed by atoms with Gasteiger partial charge in [-0.05, 0) is 25.0 Å². The Labute approximate surface area is 119 Å². The number of halogens is 2. The Kier molecular flexibility index (Phi) is 3.93. The van der Waals surface area contributed by atoms with E-state index in [1.807, 2.05) is 5.38 Å². The summed E-state index contributed by atoms with van der Waals surface area (Å²) in [4.78, 5) is 4.39. The fraction of sp³-hybridized carbons (Fsp3) is 0.357. The molecule has 1 aliphatic rings. The smallest absolute Gasteiger partial charge is 0.165 e. The number of benzene rings is 1. The lowest BCUT2D eigenvalue weighted by Crippen LogP contribution is -2.15. The van der Waals surface area contributed by atoms with Gasteiger partial charge >= 0.3 is 0 Å². The van der Waals surface area contributed by atoms with Gasteiger partial charge in [0, 0.05) is 24.0 Å². The number of rotatable bonds is 6. The predicted molar refractivity (Wildman–Crippen MR) is 72.7 cm³/mol. The SMILES string of the molecule is Fc1ccc(F)c(OCc2csc(CNC3CC3)n2)c1. The average Bonchev–Trinajstić information content (AvgIpc) is 3.16. The lowest BCUT2D eigenvalue weighted by molar-refractivity contribution is 0.284. The number of ether oxygens (including phenoxy) is 1. The highest BCUT2D eigenvalue weighted by Gasteiger charge is 2.20. The Morgan fingerprint density at radius 1 is 1.35 bits per heavy atom. The molecule has 20 heavy (non-hydrogen) atoms. The maximum absolute atomic E-state index is 13.4. The van der Waals surface area contributed by atoms with E-state index in [1.165, 1.54) is 12.8 Å². The van der Waals surface area contributed by atoms with Crippen molar-refractivity contribution in [3.63, 3.8) is 0 Å². The second-order valence-corrected chi connectivity index (χ2v) is 5.69. The molecule has 1 aliphatic carbocycles. The summed E-state index contributed by atoms with van der Waals surface area (Å²) >= 11 is 1.54. The summed E-state index contributed by atoms with van der Waals surface area (Å²) in [7, 11) is 0. The first-order chi connectivity index (χ1) is 9.70. The van der Waals surface area contributed by atoms with Crippen LogP contribution in [0, 0.1) is 11.6 Å². The number of nitrogens with one attached hydrogen (secondary N) is 1. The van der Waals surface area contributed by atoms with Crippen LogP contribution in [0.1, 0.15) is 23.5 Å². The molecule has 3 rings (SSSR count). The maximum Gasteiger partial charge on any atom is 0.165 e. The zero-order valence-corrected chi connectivity index (χ0v) is 11.6. The van der Waals surface area contributed by atoms with Gasteiger partial charge < -0.3 is 10.1 Å². The van der Waals surface area contributed by atoms with Crippen LogP contribution in [0.25, 0.3) is 0 Å². The standard InChI is InChI=1S/C14H14F2N2OS/c15-9-1-4-12(16)13(5-9)19-7-11-8-20-14(18-11)6-17-10-2-3-10/h1,4-5,8,10,17H,2-3,6-7H2. The minimum absolute atomic E-state index is 0.0874. The monoisotopic (exact) mass is 296 g/mol. The van der Waals surface area contributed by atoms with Crippen LogP contribution < -0.4 is 10.1 Å². The van der Waals surface area contributed by atoms with Crippen molar-refractivity contribution >= 4 is 11.3 Å². The van der Waals surface area contributed by atoms with Crippen molar-refractivity contribution in [1.29, 1.82) is 0 Å². The molecule has 0 radical (unpaired) electrons. The molecular formula is C14H14F2N2OS. The van der Waals surface area contributed by atoms with Crippen LogP contribution in [0.4, 0.5) is 8.78 Å². The molecule has 0 unspecified atom stereocenters. The summed E-state index contributed by atoms with van der Waals surface area (Å²) < 4.78 is 31.6. The van der Waals surface area contributed by atoms with Gasteiger partial charge in [-0.3, -0.25) is 0 Å². The van der Waals surface area contributed by atoms with Crippen molar-refractivity contribution in [2.45, 2.75) is 32.0 Å². The predicted octanol–water partition coefficient (Wildman–Crippen LogP) is 3.25. The Balaban J connectivity index is 1.55. The van der Waals surface area contributed by atoms with Crippen molar-refractivity contribution in [1.82, 2.24) is 10.3 Å². The highest BCUT2D eigenvalue weighted by atomic mass is 32.1. The average molecular weight is 296 g/mol. The molecule has 0 spiro atoms. The Morgan fingerprint density at radius 3 is 3.00 bits per heavy atom. The van der Waals surface area contributed by atoms with Crippen LogP contribution in [0.3, 0.4) is 0 Å². The van der Waals surface area contributed by atoms with E-state index in [1.54, 1.807) is 11.3 Å². The van der Waals surface area contributed by atoms with Gasteiger partial charge in [-0.1, -0.05) is 0 Å². The summed E-state index contributed by atoms with van der Waals surface area (Å²) in [6.45, 7) is 0.893. The summed E-state index contributed by atoms with van der Waals surface area (Å²) in [5.74, 6) is -1.18. The van der Waals surface area contributed by atoms with Gasteiger partial charge in [0.05, 0.1) is 5.69 Å². The Morgan fingerprint density at radius 2 is 2.20 bits per heavy atom. The molecule has 1 N–H and O–H groups in total. The van der Waals surface area contributed by atoms with E-state index < -0.39 is 11.6 Å². The van der Waals surface area contributed by atoms with E-state index in [-0.39, 0.29) is 12.4 Å². The van der Waals surface area contributed by atoms with Crippen LogP contribution in [0.5, 0.6) is 5.75 Å². The lowest BCUT2D eigenvalue weighted by Gasteiger charge is -2.05. The second-order valence-electron chi connectivity index (χ2n) is 4.75. The van der Waals surface area contributed by atoms with E-state index in [9.17, 15) is 8.78 Å². The van der Waals surface area contributed by atoms with E-state index >= 15 is 0 Å². The molecule has 1 saturated carbocycles. The van der Waals surface area contributed by atoms with Crippen LogP contribution in [0.15, 0.2) is 23.6 Å². The van der Waals surface area contributed by atoms with Gasteiger partial charge in [-0.2, -0.15) is 0 Å². The molecule has 0 saturated heterocycles. The summed E-state index contributed by atoms with van der Waals surface area (Å²) in [5, 5.41) is 6.23. The first-order valence-corrected chi connectivity index (χ1v) is 7.33. The van der Waals surface area contributed by atoms with E-state index in [2.05, 4.69) is 10.3 Å². The Hall–Kier alpha value is -1.53. The van der Waals surface area contributed by atoms with Crippen molar-refractivity contribution < 1.29 is 13.5 Å². The number of thiazole rings is 1. The number of nitrogens with zero attached hydrogens (tertiary/aromatic N) is 1. The third-order valence-corrected chi connectivity index (χ3v) is 3.89. The quantitative estimate of drug-likeness (QED) is 0.888. The fourth-order valence-electron chi connectivity index (χ4n) is 1.76. The maximum atomic E-state index is 13.4. The first-order valence-electron chi connectivity index (χ1n) is 6.45. The van der Waals surface area contributed by atoms with Gasteiger partial charge in [0.2, 0.25) is 0 Å². The van der Waals surface area contributed by atoms with Crippen LogP contribution >= 0.6 is 11.3 Å². The van der Waals surface area contributed by atoms with Crippen LogP contribution in [0.2, 0.25) is 0 Å². The summed E-state index contributed by atoms with van der Waals surface area (Å²) in [5.41, 5.74) is 0.728. The molecule has 3 nitrogen and oxygen atoms in total. The lowest BCUT2D eigenvalue weighted by atomic mass is 10.3. The van der Waals surface area contributed by atoms with Crippen molar-refractivity contribution in [2.75, 3.05) is 0 Å². The highest BCUT2D eigenvalue weighted by Crippen LogP contribution is 2.21. The summed E-state index contributed by atoms with van der Waals surface area (Å²) in [6, 6.07) is 3.79. The molecule has 1 fully saturated rings. The normalized spacial score (nSPS) is 14.5. The van der Waals surface area contributed by atoms with E-state index in [0.717, 1.165) is 35.4 Å².